The second kappa shape index (κ2) is 10.2. The molecule has 1 heterocycles. The van der Waals surface area contributed by atoms with Crippen LogP contribution in [0.15, 0.2) is 77.5 Å². The van der Waals surface area contributed by atoms with Crippen molar-refractivity contribution in [2.45, 2.75) is 13.8 Å². The average Bonchev–Trinajstić information content (AvgIpc) is 3.06. The molecule has 4 rings (SSSR count). The van der Waals surface area contributed by atoms with Crippen LogP contribution in [0.1, 0.15) is 22.8 Å². The van der Waals surface area contributed by atoms with E-state index in [9.17, 15) is 14.4 Å². The van der Waals surface area contributed by atoms with Gasteiger partial charge in [-0.05, 0) is 67.9 Å². The van der Waals surface area contributed by atoms with Gasteiger partial charge in [-0.25, -0.2) is 9.69 Å². The van der Waals surface area contributed by atoms with E-state index in [4.69, 9.17) is 32.7 Å². The number of halogens is 2. The molecule has 0 atom stereocenters. The molecule has 0 saturated carbocycles. The van der Waals surface area contributed by atoms with Crippen molar-refractivity contribution in [3.05, 3.63) is 93.6 Å². The fourth-order valence-corrected chi connectivity index (χ4v) is 3.76. The number of esters is 1. The summed E-state index contributed by atoms with van der Waals surface area (Å²) in [5, 5.41) is 3.04. The minimum Gasteiger partial charge on any atom is -0.490 e. The molecule has 0 spiro atoms. The van der Waals surface area contributed by atoms with Crippen molar-refractivity contribution in [3.8, 4) is 11.5 Å². The summed E-state index contributed by atoms with van der Waals surface area (Å²) in [6.45, 7) is 4.09. The normalized spacial score (nSPS) is 13.3. The lowest BCUT2D eigenvalue weighted by Crippen LogP contribution is -2.32. The summed E-state index contributed by atoms with van der Waals surface area (Å²) in [4.78, 5) is 39.2. The molecule has 1 aliphatic rings. The Labute approximate surface area is 211 Å². The van der Waals surface area contributed by atoms with Gasteiger partial charge in [0.05, 0.1) is 17.9 Å². The maximum absolute atomic E-state index is 13.0. The molecule has 0 radical (unpaired) electrons. The van der Waals surface area contributed by atoms with Gasteiger partial charge in [0.2, 0.25) is 0 Å². The topological polar surface area (TPSA) is 84.9 Å². The number of anilines is 2. The van der Waals surface area contributed by atoms with E-state index in [1.807, 2.05) is 13.8 Å². The average molecular weight is 511 g/mol. The molecule has 0 bridgehead atoms. The molecule has 3 aromatic carbocycles. The van der Waals surface area contributed by atoms with Crippen molar-refractivity contribution in [2.75, 3.05) is 16.8 Å². The van der Waals surface area contributed by atoms with Gasteiger partial charge in [0, 0.05) is 10.7 Å². The molecule has 178 valence electrons. The number of rotatable bonds is 7. The minimum atomic E-state index is -0.660. The Morgan fingerprint density at radius 3 is 2.29 bits per heavy atom. The highest BCUT2D eigenvalue weighted by molar-refractivity contribution is 6.53. The van der Waals surface area contributed by atoms with E-state index in [1.165, 1.54) is 18.2 Å². The third-order valence-corrected chi connectivity index (χ3v) is 5.94. The van der Waals surface area contributed by atoms with Crippen LogP contribution in [0.2, 0.25) is 5.02 Å². The molecule has 0 aliphatic carbocycles. The summed E-state index contributed by atoms with van der Waals surface area (Å²) in [5.74, 6) is -1.07. The Morgan fingerprint density at radius 1 is 0.943 bits per heavy atom. The van der Waals surface area contributed by atoms with Crippen LogP contribution in [0.5, 0.6) is 11.5 Å². The van der Waals surface area contributed by atoms with Gasteiger partial charge in [0.1, 0.15) is 10.7 Å². The minimum absolute atomic E-state index is 0.0747. The number of para-hydroxylation sites is 2. The van der Waals surface area contributed by atoms with E-state index in [2.05, 4.69) is 5.32 Å². The Hall–Kier alpha value is -3.81. The molecule has 9 heteroatoms. The van der Waals surface area contributed by atoms with E-state index in [-0.39, 0.29) is 16.3 Å². The van der Waals surface area contributed by atoms with E-state index in [1.54, 1.807) is 48.5 Å². The van der Waals surface area contributed by atoms with Gasteiger partial charge in [-0.2, -0.15) is 0 Å². The lowest BCUT2D eigenvalue weighted by molar-refractivity contribution is -0.120. The summed E-state index contributed by atoms with van der Waals surface area (Å²) in [6, 6.07) is 17.9. The first-order valence-corrected chi connectivity index (χ1v) is 11.4. The van der Waals surface area contributed by atoms with Gasteiger partial charge in [-0.1, -0.05) is 41.4 Å². The van der Waals surface area contributed by atoms with Crippen molar-refractivity contribution in [3.63, 3.8) is 0 Å². The Balaban J connectivity index is 1.48. The molecule has 0 aromatic heterocycles. The first kappa shape index (κ1) is 24.3. The largest absolute Gasteiger partial charge is 0.490 e. The molecule has 2 amide bonds. The summed E-state index contributed by atoms with van der Waals surface area (Å²) in [6.07, 6.45) is 0. The first-order valence-electron chi connectivity index (χ1n) is 10.7. The molecule has 35 heavy (non-hydrogen) atoms. The van der Waals surface area contributed by atoms with E-state index in [0.717, 1.165) is 10.5 Å². The standard InChI is InChI=1S/C26H20Cl2N2O5/c1-3-34-20-6-4-5-7-21(20)35-26(33)16-9-11-17(12-10-16)29-23-22(28)24(31)30(25(23)32)18-13-8-15(2)19(27)14-18/h4-14,29H,3H2,1-2H3. The van der Waals surface area contributed by atoms with Crippen LogP contribution in [0.25, 0.3) is 0 Å². The van der Waals surface area contributed by atoms with Crippen LogP contribution >= 0.6 is 23.2 Å². The SMILES string of the molecule is CCOc1ccccc1OC(=O)c1ccc(NC2=C(Cl)C(=O)N(c3ccc(C)c(Cl)c3)C2=O)cc1. The summed E-state index contributed by atoms with van der Waals surface area (Å²) in [5.41, 5.74) is 1.79. The Bertz CT molecular complexity index is 1350. The molecule has 1 N–H and O–H groups in total. The molecular weight excluding hydrogens is 491 g/mol. The van der Waals surface area contributed by atoms with Gasteiger partial charge in [0.25, 0.3) is 11.8 Å². The zero-order chi connectivity index (χ0) is 25.1. The Morgan fingerprint density at radius 2 is 1.63 bits per heavy atom. The number of amides is 2. The summed E-state index contributed by atoms with van der Waals surface area (Å²) < 4.78 is 10.9. The predicted molar refractivity (Wildman–Crippen MR) is 134 cm³/mol. The van der Waals surface area contributed by atoms with Gasteiger partial charge in [-0.3, -0.25) is 9.59 Å². The second-order valence-electron chi connectivity index (χ2n) is 7.54. The number of carbonyl (C=O) groups excluding carboxylic acids is 3. The van der Waals surface area contributed by atoms with Crippen molar-refractivity contribution in [1.29, 1.82) is 0 Å². The van der Waals surface area contributed by atoms with Gasteiger partial charge in [-0.15, -0.1) is 0 Å². The highest BCUT2D eigenvalue weighted by atomic mass is 35.5. The van der Waals surface area contributed by atoms with E-state index >= 15 is 0 Å². The molecule has 0 unspecified atom stereocenters. The summed E-state index contributed by atoms with van der Waals surface area (Å²) in [7, 11) is 0. The van der Waals surface area contributed by atoms with Gasteiger partial charge < -0.3 is 14.8 Å². The number of benzene rings is 3. The molecule has 7 nitrogen and oxygen atoms in total. The number of carbonyl (C=O) groups is 3. The van der Waals surface area contributed by atoms with Gasteiger partial charge >= 0.3 is 5.97 Å². The van der Waals surface area contributed by atoms with Crippen LogP contribution in [0.4, 0.5) is 11.4 Å². The number of aryl methyl sites for hydroxylation is 1. The van der Waals surface area contributed by atoms with Crippen molar-refractivity contribution >= 4 is 52.4 Å². The van der Waals surface area contributed by atoms with E-state index < -0.39 is 17.8 Å². The molecule has 3 aromatic rings. The maximum atomic E-state index is 13.0. The number of imide groups is 1. The van der Waals surface area contributed by atoms with Crippen LogP contribution in [0, 0.1) is 6.92 Å². The van der Waals surface area contributed by atoms with Crippen LogP contribution < -0.4 is 19.7 Å². The third-order valence-electron chi connectivity index (χ3n) is 5.18. The van der Waals surface area contributed by atoms with Crippen molar-refractivity contribution in [2.24, 2.45) is 0 Å². The molecule has 0 saturated heterocycles. The highest BCUT2D eigenvalue weighted by Crippen LogP contribution is 2.32. The predicted octanol–water partition coefficient (Wildman–Crippen LogP) is 5.70. The molecule has 1 aliphatic heterocycles. The van der Waals surface area contributed by atoms with Crippen molar-refractivity contribution < 1.29 is 23.9 Å². The zero-order valence-electron chi connectivity index (χ0n) is 18.8. The fraction of sp³-hybridized carbons (Fsp3) is 0.115. The lowest BCUT2D eigenvalue weighted by Gasteiger charge is -2.16. The number of hydrogen-bond acceptors (Lipinski definition) is 6. The number of ether oxygens (including phenoxy) is 2. The fourth-order valence-electron chi connectivity index (χ4n) is 3.37. The quantitative estimate of drug-likeness (QED) is 0.249. The first-order chi connectivity index (χ1) is 16.8. The second-order valence-corrected chi connectivity index (χ2v) is 8.32. The number of nitrogens with zero attached hydrogens (tertiary/aromatic N) is 1. The van der Waals surface area contributed by atoms with E-state index in [0.29, 0.717) is 34.5 Å². The number of nitrogens with one attached hydrogen (secondary N) is 1. The lowest BCUT2D eigenvalue weighted by atomic mass is 10.2. The highest BCUT2D eigenvalue weighted by Gasteiger charge is 2.39. The van der Waals surface area contributed by atoms with Gasteiger partial charge in [0.15, 0.2) is 11.5 Å². The zero-order valence-corrected chi connectivity index (χ0v) is 20.3. The third kappa shape index (κ3) is 5.01. The van der Waals surface area contributed by atoms with Crippen LogP contribution in [0.3, 0.4) is 0 Å². The maximum Gasteiger partial charge on any atom is 0.343 e. The van der Waals surface area contributed by atoms with Crippen LogP contribution in [-0.4, -0.2) is 24.4 Å². The van der Waals surface area contributed by atoms with Crippen molar-refractivity contribution in [1.82, 2.24) is 0 Å². The molecule has 0 fully saturated rings. The summed E-state index contributed by atoms with van der Waals surface area (Å²) >= 11 is 12.3. The Kier molecular flexibility index (Phi) is 7.10. The smallest absolute Gasteiger partial charge is 0.343 e. The molecular formula is C26H20Cl2N2O5. The van der Waals surface area contributed by atoms with Crippen LogP contribution in [-0.2, 0) is 9.59 Å². The monoisotopic (exact) mass is 510 g/mol. The number of hydrogen-bond donors (Lipinski definition) is 1.